The van der Waals surface area contributed by atoms with Crippen molar-refractivity contribution in [3.63, 3.8) is 0 Å². The molecule has 0 spiro atoms. The Morgan fingerprint density at radius 2 is 1.70 bits per heavy atom. The summed E-state index contributed by atoms with van der Waals surface area (Å²) in [4.78, 5) is 38.9. The van der Waals surface area contributed by atoms with Gasteiger partial charge in [0.1, 0.15) is 5.56 Å². The Balaban J connectivity index is 1.65. The number of halogens is 1. The van der Waals surface area contributed by atoms with Crippen LogP contribution in [-0.4, -0.2) is 25.9 Å². The highest BCUT2D eigenvalue weighted by Crippen LogP contribution is 2.39. The minimum atomic E-state index is -0.582. The summed E-state index contributed by atoms with van der Waals surface area (Å²) in [5, 5.41) is 16.6. The van der Waals surface area contributed by atoms with Gasteiger partial charge in [-0.05, 0) is 50.8 Å². The van der Waals surface area contributed by atoms with Crippen LogP contribution in [0.2, 0.25) is 5.02 Å². The van der Waals surface area contributed by atoms with Crippen LogP contribution in [0.4, 0.5) is 5.69 Å². The van der Waals surface area contributed by atoms with E-state index >= 15 is 0 Å². The predicted molar refractivity (Wildman–Crippen MR) is 113 cm³/mol. The molecule has 0 bridgehead atoms. The van der Waals surface area contributed by atoms with Gasteiger partial charge in [-0.2, -0.15) is 10.1 Å². The van der Waals surface area contributed by atoms with E-state index in [1.165, 1.54) is 20.2 Å². The highest BCUT2D eigenvalue weighted by molar-refractivity contribution is 6.37. The maximum atomic E-state index is 13.1. The van der Waals surface area contributed by atoms with E-state index in [0.717, 1.165) is 25.7 Å². The summed E-state index contributed by atoms with van der Waals surface area (Å²) < 4.78 is 2.49. The van der Waals surface area contributed by atoms with Crippen LogP contribution in [0, 0.1) is 0 Å². The summed E-state index contributed by atoms with van der Waals surface area (Å²) >= 11 is 6.20. The van der Waals surface area contributed by atoms with E-state index < -0.39 is 23.0 Å². The topological polar surface area (TPSA) is 96.9 Å². The first kappa shape index (κ1) is 18.9. The molecule has 0 atom stereocenters. The van der Waals surface area contributed by atoms with Crippen molar-refractivity contribution in [2.24, 2.45) is 5.10 Å². The molecule has 2 heterocycles. The largest absolute Gasteiger partial charge is 0.494 e. The van der Waals surface area contributed by atoms with Gasteiger partial charge in [-0.3, -0.25) is 18.7 Å². The monoisotopic (exact) mass is 426 g/mol. The van der Waals surface area contributed by atoms with E-state index in [1.807, 2.05) is 0 Å². The number of carbonyl (C=O) groups is 1. The van der Waals surface area contributed by atoms with Crippen LogP contribution in [0.1, 0.15) is 50.3 Å². The molecule has 1 aromatic heterocycles. The van der Waals surface area contributed by atoms with E-state index in [9.17, 15) is 19.5 Å². The molecule has 154 valence electrons. The molecule has 5 rings (SSSR count). The summed E-state index contributed by atoms with van der Waals surface area (Å²) in [6.07, 6.45) is 4.38. The van der Waals surface area contributed by atoms with Gasteiger partial charge in [-0.1, -0.05) is 23.7 Å². The van der Waals surface area contributed by atoms with E-state index in [2.05, 4.69) is 5.10 Å². The van der Waals surface area contributed by atoms with Crippen LogP contribution < -0.4 is 16.3 Å². The normalized spacial score (nSPS) is 20.2. The predicted octanol–water partition coefficient (Wildman–Crippen LogP) is 2.84. The molecule has 3 aliphatic rings. The van der Waals surface area contributed by atoms with Gasteiger partial charge >= 0.3 is 5.69 Å². The summed E-state index contributed by atoms with van der Waals surface area (Å²) in [5.41, 5.74) is -0.139. The lowest BCUT2D eigenvalue weighted by molar-refractivity contribution is -0.114. The zero-order chi connectivity index (χ0) is 21.2. The van der Waals surface area contributed by atoms with Gasteiger partial charge in [-0.25, -0.2) is 4.79 Å². The van der Waals surface area contributed by atoms with Crippen LogP contribution in [0.3, 0.4) is 0 Å². The molecule has 2 aliphatic carbocycles. The van der Waals surface area contributed by atoms with Gasteiger partial charge in [0.05, 0.1) is 22.0 Å². The maximum Gasteiger partial charge on any atom is 0.334 e. The minimum Gasteiger partial charge on any atom is -0.494 e. The SMILES string of the molecule is CC1=NN(c2ccccc2Cl)C(=O)/C1=C\c1c(O)n(C2CC2)c(=O)n(C2CC2)c1=O. The van der Waals surface area contributed by atoms with Gasteiger partial charge in [0.2, 0.25) is 5.88 Å². The second kappa shape index (κ2) is 6.70. The van der Waals surface area contributed by atoms with Crippen molar-refractivity contribution in [3.8, 4) is 5.88 Å². The average Bonchev–Trinajstić information content (AvgIpc) is 3.61. The average molecular weight is 427 g/mol. The Hall–Kier alpha value is -3.13. The smallest absolute Gasteiger partial charge is 0.334 e. The van der Waals surface area contributed by atoms with E-state index in [1.54, 1.807) is 31.2 Å². The molecule has 30 heavy (non-hydrogen) atoms. The first-order valence-electron chi connectivity index (χ1n) is 9.84. The third-order valence-corrected chi connectivity index (χ3v) is 5.91. The number of hydrogen-bond donors (Lipinski definition) is 1. The fourth-order valence-corrected chi connectivity index (χ4v) is 3.92. The van der Waals surface area contributed by atoms with Crippen molar-refractivity contribution in [1.29, 1.82) is 0 Å². The van der Waals surface area contributed by atoms with Crippen molar-refractivity contribution >= 4 is 35.0 Å². The second-order valence-electron chi connectivity index (χ2n) is 7.84. The molecule has 1 N–H and O–H groups in total. The maximum absolute atomic E-state index is 13.1. The quantitative estimate of drug-likeness (QED) is 0.760. The van der Waals surface area contributed by atoms with Gasteiger partial charge in [0.15, 0.2) is 0 Å². The van der Waals surface area contributed by atoms with Crippen molar-refractivity contribution in [2.75, 3.05) is 5.01 Å². The number of nitrogens with zero attached hydrogens (tertiary/aromatic N) is 4. The number of anilines is 1. The highest BCUT2D eigenvalue weighted by Gasteiger charge is 2.36. The minimum absolute atomic E-state index is 0.0627. The molecule has 0 radical (unpaired) electrons. The lowest BCUT2D eigenvalue weighted by Crippen LogP contribution is -2.40. The van der Waals surface area contributed by atoms with Crippen LogP contribution in [-0.2, 0) is 4.79 Å². The zero-order valence-electron chi connectivity index (χ0n) is 16.2. The van der Waals surface area contributed by atoms with Gasteiger partial charge in [0, 0.05) is 12.1 Å². The van der Waals surface area contributed by atoms with Crippen LogP contribution >= 0.6 is 11.6 Å². The Morgan fingerprint density at radius 1 is 1.07 bits per heavy atom. The number of rotatable bonds is 4. The van der Waals surface area contributed by atoms with Gasteiger partial charge in [0.25, 0.3) is 11.5 Å². The summed E-state index contributed by atoms with van der Waals surface area (Å²) in [5.74, 6) is -0.852. The third-order valence-electron chi connectivity index (χ3n) is 5.59. The first-order chi connectivity index (χ1) is 14.4. The molecule has 1 aromatic carbocycles. The van der Waals surface area contributed by atoms with Crippen LogP contribution in [0.15, 0.2) is 44.5 Å². The van der Waals surface area contributed by atoms with E-state index in [-0.39, 0.29) is 23.2 Å². The number of benzene rings is 1. The molecule has 1 amide bonds. The van der Waals surface area contributed by atoms with Crippen molar-refractivity contribution in [1.82, 2.24) is 9.13 Å². The van der Waals surface area contributed by atoms with Crippen molar-refractivity contribution in [3.05, 3.63) is 61.3 Å². The van der Waals surface area contributed by atoms with Gasteiger partial charge < -0.3 is 5.11 Å². The lowest BCUT2D eigenvalue weighted by atomic mass is 10.1. The molecule has 9 heteroatoms. The zero-order valence-corrected chi connectivity index (χ0v) is 17.0. The molecular formula is C21H19ClN4O4. The Labute approximate surface area is 176 Å². The molecule has 8 nitrogen and oxygen atoms in total. The molecule has 1 aliphatic heterocycles. The summed E-state index contributed by atoms with van der Waals surface area (Å²) in [7, 11) is 0. The van der Waals surface area contributed by atoms with Crippen molar-refractivity contribution < 1.29 is 9.90 Å². The molecule has 2 fully saturated rings. The third kappa shape index (κ3) is 2.90. The fraction of sp³-hybridized carbons (Fsp3) is 0.333. The molecular weight excluding hydrogens is 408 g/mol. The number of amides is 1. The molecule has 0 unspecified atom stereocenters. The number of para-hydroxylation sites is 1. The number of carbonyl (C=O) groups excluding carboxylic acids is 1. The number of aromatic nitrogens is 2. The summed E-state index contributed by atoms with van der Waals surface area (Å²) in [6.45, 7) is 1.65. The Bertz CT molecular complexity index is 1260. The standard InChI is InChI=1S/C21H19ClN4O4/c1-11-14(20(29)26(23-11)17-5-3-2-4-16(17)22)10-15-18(27)24(12-6-7-12)21(30)25(19(15)28)13-8-9-13/h2-5,10,12-13,27H,6-9H2,1H3/b14-10-. The van der Waals surface area contributed by atoms with Crippen LogP contribution in [0.5, 0.6) is 5.88 Å². The Kier molecular flexibility index (Phi) is 4.21. The number of hydrazone groups is 1. The van der Waals surface area contributed by atoms with E-state index in [4.69, 9.17) is 11.6 Å². The molecule has 2 aromatic rings. The first-order valence-corrected chi connectivity index (χ1v) is 10.2. The van der Waals surface area contributed by atoms with E-state index in [0.29, 0.717) is 16.4 Å². The van der Waals surface area contributed by atoms with Crippen LogP contribution in [0.25, 0.3) is 6.08 Å². The fourth-order valence-electron chi connectivity index (χ4n) is 3.71. The molecule has 0 saturated heterocycles. The second-order valence-corrected chi connectivity index (χ2v) is 8.25. The number of aromatic hydroxyl groups is 1. The lowest BCUT2D eigenvalue weighted by Gasteiger charge is -2.14. The molecule has 2 saturated carbocycles. The van der Waals surface area contributed by atoms with Gasteiger partial charge in [-0.15, -0.1) is 0 Å². The Morgan fingerprint density at radius 3 is 2.33 bits per heavy atom. The van der Waals surface area contributed by atoms with Crippen molar-refractivity contribution in [2.45, 2.75) is 44.7 Å². The summed E-state index contributed by atoms with van der Waals surface area (Å²) in [6, 6.07) is 6.55. The highest BCUT2D eigenvalue weighted by atomic mass is 35.5. The number of hydrogen-bond acceptors (Lipinski definition) is 5.